The highest BCUT2D eigenvalue weighted by molar-refractivity contribution is 5.39. The third-order valence-corrected chi connectivity index (χ3v) is 4.17. The Morgan fingerprint density at radius 2 is 2.11 bits per heavy atom. The average molecular weight is 247 g/mol. The quantitative estimate of drug-likeness (QED) is 0.877. The smallest absolute Gasteiger partial charge is 0.122 e. The van der Waals surface area contributed by atoms with Crippen LogP contribution in [0.3, 0.4) is 0 Å². The summed E-state index contributed by atoms with van der Waals surface area (Å²) in [5.41, 5.74) is 2.06. The predicted octanol–water partition coefficient (Wildman–Crippen LogP) is 3.86. The van der Waals surface area contributed by atoms with Crippen LogP contribution in [0.2, 0.25) is 0 Å². The molecule has 0 aliphatic carbocycles. The second-order valence-electron chi connectivity index (χ2n) is 5.46. The van der Waals surface area contributed by atoms with E-state index in [0.717, 1.165) is 17.7 Å². The first kappa shape index (κ1) is 13.4. The van der Waals surface area contributed by atoms with Gasteiger partial charge in [0.25, 0.3) is 0 Å². The zero-order chi connectivity index (χ0) is 13.0. The van der Waals surface area contributed by atoms with Gasteiger partial charge in [-0.15, -0.1) is 0 Å². The molecule has 0 spiro atoms. The molecule has 18 heavy (non-hydrogen) atoms. The van der Waals surface area contributed by atoms with Crippen LogP contribution in [0.4, 0.5) is 0 Å². The van der Waals surface area contributed by atoms with Crippen LogP contribution in [0.25, 0.3) is 0 Å². The van der Waals surface area contributed by atoms with Crippen molar-refractivity contribution in [2.45, 2.75) is 58.5 Å². The monoisotopic (exact) mass is 247 g/mol. The molecular weight excluding hydrogens is 222 g/mol. The summed E-state index contributed by atoms with van der Waals surface area (Å²) in [6.07, 6.45) is 6.53. The molecule has 0 aromatic heterocycles. The van der Waals surface area contributed by atoms with Crippen molar-refractivity contribution >= 4 is 0 Å². The molecule has 1 aliphatic heterocycles. The molecule has 100 valence electrons. The van der Waals surface area contributed by atoms with E-state index in [1.807, 2.05) is 19.1 Å². The van der Waals surface area contributed by atoms with Gasteiger partial charge in [-0.05, 0) is 38.3 Å². The lowest BCUT2D eigenvalue weighted by Crippen LogP contribution is -2.33. The van der Waals surface area contributed by atoms with Gasteiger partial charge in [0.1, 0.15) is 5.75 Å². The van der Waals surface area contributed by atoms with Crippen molar-refractivity contribution in [3.8, 4) is 5.75 Å². The third kappa shape index (κ3) is 3.05. The maximum atomic E-state index is 10.1. The highest BCUT2D eigenvalue weighted by atomic mass is 16.3. The molecule has 1 atom stereocenters. The Balaban J connectivity index is 2.12. The standard InChI is InChI=1S/C16H25NO/c1-3-15-10-5-4-6-11-17(15)12-14-9-7-8-13(2)16(14)18/h7-9,15,18H,3-6,10-12H2,1-2H3. The number of hydrogen-bond acceptors (Lipinski definition) is 2. The highest BCUT2D eigenvalue weighted by Gasteiger charge is 2.20. The van der Waals surface area contributed by atoms with E-state index in [0.29, 0.717) is 11.8 Å². The van der Waals surface area contributed by atoms with Crippen molar-refractivity contribution < 1.29 is 5.11 Å². The number of aromatic hydroxyl groups is 1. The molecule has 1 saturated heterocycles. The van der Waals surface area contributed by atoms with E-state index in [9.17, 15) is 5.11 Å². The van der Waals surface area contributed by atoms with Gasteiger partial charge in [-0.3, -0.25) is 4.90 Å². The largest absolute Gasteiger partial charge is 0.507 e. The number of likely N-dealkylation sites (tertiary alicyclic amines) is 1. The molecule has 1 N–H and O–H groups in total. The summed E-state index contributed by atoms with van der Waals surface area (Å²) in [6.45, 7) is 6.32. The molecule has 2 rings (SSSR count). The zero-order valence-corrected chi connectivity index (χ0v) is 11.7. The molecule has 0 bridgehead atoms. The number of aryl methyl sites for hydroxylation is 1. The average Bonchev–Trinajstić information content (AvgIpc) is 2.60. The zero-order valence-electron chi connectivity index (χ0n) is 11.7. The molecule has 2 heteroatoms. The van der Waals surface area contributed by atoms with Gasteiger partial charge in [0.15, 0.2) is 0 Å². The summed E-state index contributed by atoms with van der Waals surface area (Å²) in [6, 6.07) is 6.76. The second-order valence-corrected chi connectivity index (χ2v) is 5.46. The number of phenolic OH excluding ortho intramolecular Hbond substituents is 1. The number of para-hydroxylation sites is 1. The number of rotatable bonds is 3. The summed E-state index contributed by atoms with van der Waals surface area (Å²) < 4.78 is 0. The Bertz CT molecular complexity index is 389. The van der Waals surface area contributed by atoms with E-state index in [1.165, 1.54) is 38.6 Å². The van der Waals surface area contributed by atoms with Crippen LogP contribution in [-0.2, 0) is 6.54 Å². The van der Waals surface area contributed by atoms with Crippen molar-refractivity contribution in [1.29, 1.82) is 0 Å². The molecular formula is C16H25NO. The maximum absolute atomic E-state index is 10.1. The van der Waals surface area contributed by atoms with E-state index in [2.05, 4.69) is 17.9 Å². The van der Waals surface area contributed by atoms with E-state index in [-0.39, 0.29) is 0 Å². The lowest BCUT2D eigenvalue weighted by atomic mass is 10.1. The van der Waals surface area contributed by atoms with Crippen molar-refractivity contribution in [2.75, 3.05) is 6.54 Å². The Hall–Kier alpha value is -1.02. The van der Waals surface area contributed by atoms with E-state index < -0.39 is 0 Å². The fourth-order valence-electron chi connectivity index (χ4n) is 2.97. The molecule has 1 unspecified atom stereocenters. The SMILES string of the molecule is CCC1CCCCCN1Cc1cccc(C)c1O. The molecule has 2 nitrogen and oxygen atoms in total. The molecule has 1 aromatic carbocycles. The number of benzene rings is 1. The van der Waals surface area contributed by atoms with Crippen molar-refractivity contribution in [3.05, 3.63) is 29.3 Å². The van der Waals surface area contributed by atoms with Gasteiger partial charge in [-0.25, -0.2) is 0 Å². The van der Waals surface area contributed by atoms with Crippen LogP contribution < -0.4 is 0 Å². The fraction of sp³-hybridized carbons (Fsp3) is 0.625. The lowest BCUT2D eigenvalue weighted by Gasteiger charge is -2.29. The summed E-state index contributed by atoms with van der Waals surface area (Å²) in [5.74, 6) is 0.483. The van der Waals surface area contributed by atoms with Gasteiger partial charge in [-0.1, -0.05) is 38.0 Å². The first-order valence-electron chi connectivity index (χ1n) is 7.24. The predicted molar refractivity (Wildman–Crippen MR) is 75.8 cm³/mol. The number of phenols is 1. The van der Waals surface area contributed by atoms with Crippen LogP contribution >= 0.6 is 0 Å². The Kier molecular flexibility index (Phi) is 4.65. The normalized spacial score (nSPS) is 21.8. The van der Waals surface area contributed by atoms with Crippen molar-refractivity contribution in [3.63, 3.8) is 0 Å². The Labute approximate surface area is 111 Å². The Morgan fingerprint density at radius 3 is 2.89 bits per heavy atom. The van der Waals surface area contributed by atoms with Crippen LogP contribution in [0.5, 0.6) is 5.75 Å². The first-order valence-corrected chi connectivity index (χ1v) is 7.24. The van der Waals surface area contributed by atoms with E-state index in [1.54, 1.807) is 0 Å². The second kappa shape index (κ2) is 6.24. The highest BCUT2D eigenvalue weighted by Crippen LogP contribution is 2.26. The van der Waals surface area contributed by atoms with E-state index >= 15 is 0 Å². The van der Waals surface area contributed by atoms with Crippen LogP contribution in [0, 0.1) is 6.92 Å². The molecule has 1 fully saturated rings. The maximum Gasteiger partial charge on any atom is 0.122 e. The van der Waals surface area contributed by atoms with Gasteiger partial charge in [0.2, 0.25) is 0 Å². The van der Waals surface area contributed by atoms with Crippen LogP contribution in [0.15, 0.2) is 18.2 Å². The Morgan fingerprint density at radius 1 is 1.28 bits per heavy atom. The summed E-state index contributed by atoms with van der Waals surface area (Å²) in [7, 11) is 0. The van der Waals surface area contributed by atoms with Gasteiger partial charge in [0.05, 0.1) is 0 Å². The molecule has 0 saturated carbocycles. The number of hydrogen-bond donors (Lipinski definition) is 1. The summed E-state index contributed by atoms with van der Waals surface area (Å²) in [4.78, 5) is 2.56. The molecule has 1 aromatic rings. The molecule has 1 heterocycles. The summed E-state index contributed by atoms with van der Waals surface area (Å²) >= 11 is 0. The fourth-order valence-corrected chi connectivity index (χ4v) is 2.97. The molecule has 0 radical (unpaired) electrons. The van der Waals surface area contributed by atoms with Gasteiger partial charge >= 0.3 is 0 Å². The van der Waals surface area contributed by atoms with Crippen molar-refractivity contribution in [2.24, 2.45) is 0 Å². The minimum absolute atomic E-state index is 0.483. The minimum Gasteiger partial charge on any atom is -0.507 e. The molecule has 1 aliphatic rings. The molecule has 0 amide bonds. The lowest BCUT2D eigenvalue weighted by molar-refractivity contribution is 0.184. The topological polar surface area (TPSA) is 23.5 Å². The van der Waals surface area contributed by atoms with E-state index in [4.69, 9.17) is 0 Å². The minimum atomic E-state index is 0.483. The third-order valence-electron chi connectivity index (χ3n) is 4.17. The van der Waals surface area contributed by atoms with Gasteiger partial charge < -0.3 is 5.11 Å². The van der Waals surface area contributed by atoms with Crippen LogP contribution in [-0.4, -0.2) is 22.6 Å². The van der Waals surface area contributed by atoms with Crippen LogP contribution in [0.1, 0.15) is 50.2 Å². The summed E-state index contributed by atoms with van der Waals surface area (Å²) in [5, 5.41) is 10.1. The first-order chi connectivity index (χ1) is 8.72. The van der Waals surface area contributed by atoms with Gasteiger partial charge in [0, 0.05) is 18.2 Å². The van der Waals surface area contributed by atoms with Crippen molar-refractivity contribution in [1.82, 2.24) is 4.90 Å². The number of nitrogens with zero attached hydrogens (tertiary/aromatic N) is 1. The van der Waals surface area contributed by atoms with Gasteiger partial charge in [-0.2, -0.15) is 0 Å².